The van der Waals surface area contributed by atoms with Gasteiger partial charge in [0, 0.05) is 19.2 Å². The average Bonchev–Trinajstić information content (AvgIpc) is 2.40. The van der Waals surface area contributed by atoms with Crippen LogP contribution in [0.25, 0.3) is 6.08 Å². The van der Waals surface area contributed by atoms with Gasteiger partial charge in [-0.05, 0) is 43.4 Å². The van der Waals surface area contributed by atoms with E-state index < -0.39 is 0 Å². The van der Waals surface area contributed by atoms with Gasteiger partial charge in [0.25, 0.3) is 0 Å². The van der Waals surface area contributed by atoms with Crippen molar-refractivity contribution in [3.63, 3.8) is 0 Å². The normalized spacial score (nSPS) is 23.3. The predicted molar refractivity (Wildman–Crippen MR) is 81.3 cm³/mol. The first-order chi connectivity index (χ1) is 9.47. The number of nitrogens with zero attached hydrogens (tertiary/aromatic N) is 1. The van der Waals surface area contributed by atoms with E-state index in [4.69, 9.17) is 0 Å². The second-order valence-electron chi connectivity index (χ2n) is 5.81. The first-order valence-electron chi connectivity index (χ1n) is 7.19. The zero-order valence-electron chi connectivity index (χ0n) is 12.5. The summed E-state index contributed by atoms with van der Waals surface area (Å²) in [6.45, 7) is 7.37. The molecule has 2 atom stereocenters. The molecule has 20 heavy (non-hydrogen) atoms. The van der Waals surface area contributed by atoms with Crippen molar-refractivity contribution in [2.24, 2.45) is 5.92 Å². The number of aryl methyl sites for hydroxylation is 2. The van der Waals surface area contributed by atoms with E-state index in [0.717, 1.165) is 5.56 Å². The molecule has 1 aromatic carbocycles. The highest BCUT2D eigenvalue weighted by molar-refractivity contribution is 5.92. The van der Waals surface area contributed by atoms with Crippen LogP contribution >= 0.6 is 0 Å². The van der Waals surface area contributed by atoms with Gasteiger partial charge < -0.3 is 10.0 Å². The van der Waals surface area contributed by atoms with Gasteiger partial charge in [-0.25, -0.2) is 0 Å². The van der Waals surface area contributed by atoms with E-state index in [9.17, 15) is 9.90 Å². The summed E-state index contributed by atoms with van der Waals surface area (Å²) in [5, 5.41) is 9.69. The summed E-state index contributed by atoms with van der Waals surface area (Å²) in [6, 6.07) is 6.21. The topological polar surface area (TPSA) is 40.5 Å². The molecule has 0 radical (unpaired) electrons. The number of benzene rings is 1. The Bertz CT molecular complexity index is 522. The van der Waals surface area contributed by atoms with E-state index in [2.05, 4.69) is 26.0 Å². The molecule has 2 rings (SSSR count). The highest BCUT2D eigenvalue weighted by Gasteiger charge is 2.25. The van der Waals surface area contributed by atoms with E-state index >= 15 is 0 Å². The molecule has 0 saturated carbocycles. The van der Waals surface area contributed by atoms with E-state index in [1.54, 1.807) is 6.08 Å². The number of carbonyl (C=O) groups excluding carboxylic acids is 1. The maximum absolute atomic E-state index is 12.2. The fourth-order valence-corrected chi connectivity index (χ4v) is 2.61. The molecular formula is C17H23NO2. The Morgan fingerprint density at radius 1 is 1.40 bits per heavy atom. The lowest BCUT2D eigenvalue weighted by molar-refractivity contribution is -0.129. The van der Waals surface area contributed by atoms with Gasteiger partial charge in [0.15, 0.2) is 0 Å². The molecule has 3 nitrogen and oxygen atoms in total. The van der Waals surface area contributed by atoms with Crippen molar-refractivity contribution in [2.75, 3.05) is 13.1 Å². The van der Waals surface area contributed by atoms with E-state index in [-0.39, 0.29) is 17.9 Å². The van der Waals surface area contributed by atoms with Gasteiger partial charge in [0.1, 0.15) is 0 Å². The van der Waals surface area contributed by atoms with Gasteiger partial charge in [-0.15, -0.1) is 0 Å². The molecule has 108 valence electrons. The fourth-order valence-electron chi connectivity index (χ4n) is 2.61. The van der Waals surface area contributed by atoms with E-state index in [1.807, 2.05) is 24.0 Å². The predicted octanol–water partition coefficient (Wildman–Crippen LogP) is 2.55. The van der Waals surface area contributed by atoms with Crippen molar-refractivity contribution >= 4 is 12.0 Å². The van der Waals surface area contributed by atoms with Crippen LogP contribution in [-0.4, -0.2) is 35.1 Å². The lowest BCUT2D eigenvalue weighted by Gasteiger charge is -2.33. The Labute approximate surface area is 120 Å². The number of likely N-dealkylation sites (tertiary alicyclic amines) is 1. The zero-order chi connectivity index (χ0) is 14.7. The van der Waals surface area contributed by atoms with Crippen molar-refractivity contribution in [2.45, 2.75) is 33.3 Å². The van der Waals surface area contributed by atoms with Gasteiger partial charge in [-0.1, -0.05) is 30.7 Å². The van der Waals surface area contributed by atoms with E-state index in [0.29, 0.717) is 19.5 Å². The number of hydrogen-bond acceptors (Lipinski definition) is 2. The monoisotopic (exact) mass is 273 g/mol. The Balaban J connectivity index is 2.02. The maximum Gasteiger partial charge on any atom is 0.246 e. The summed E-state index contributed by atoms with van der Waals surface area (Å²) in [5.41, 5.74) is 3.48. The van der Waals surface area contributed by atoms with Crippen LogP contribution in [0.3, 0.4) is 0 Å². The molecule has 1 aliphatic rings. The number of piperidine rings is 1. The van der Waals surface area contributed by atoms with Crippen LogP contribution in [0.5, 0.6) is 0 Å². The molecule has 1 amide bonds. The van der Waals surface area contributed by atoms with Crippen LogP contribution in [0.2, 0.25) is 0 Å². The number of aliphatic hydroxyl groups is 1. The second kappa shape index (κ2) is 6.23. The highest BCUT2D eigenvalue weighted by Crippen LogP contribution is 2.17. The third kappa shape index (κ3) is 3.48. The summed E-state index contributed by atoms with van der Waals surface area (Å²) in [7, 11) is 0. The molecule has 1 aromatic rings. The maximum atomic E-state index is 12.2. The van der Waals surface area contributed by atoms with Crippen molar-refractivity contribution in [3.8, 4) is 0 Å². The molecule has 1 fully saturated rings. The van der Waals surface area contributed by atoms with Gasteiger partial charge >= 0.3 is 0 Å². The third-order valence-corrected chi connectivity index (χ3v) is 4.00. The van der Waals surface area contributed by atoms with Crippen LogP contribution in [0.15, 0.2) is 24.3 Å². The first kappa shape index (κ1) is 14.8. The molecule has 1 aliphatic heterocycles. The van der Waals surface area contributed by atoms with Gasteiger partial charge in [-0.2, -0.15) is 0 Å². The Morgan fingerprint density at radius 3 is 2.80 bits per heavy atom. The SMILES string of the molecule is Cc1ccc(/C=C/C(=O)N2CCC(O)C(C)C2)c(C)c1. The van der Waals surface area contributed by atoms with Crippen LogP contribution in [0.1, 0.15) is 30.0 Å². The standard InChI is InChI=1S/C17H23NO2/c1-12-4-5-15(13(2)10-12)6-7-17(20)18-9-8-16(19)14(3)11-18/h4-7,10,14,16,19H,8-9,11H2,1-3H3/b7-6+. The lowest BCUT2D eigenvalue weighted by Crippen LogP contribution is -2.44. The molecule has 2 unspecified atom stereocenters. The number of rotatable bonds is 2. The summed E-state index contributed by atoms with van der Waals surface area (Å²) >= 11 is 0. The van der Waals surface area contributed by atoms with Crippen molar-refractivity contribution in [1.82, 2.24) is 4.90 Å². The smallest absolute Gasteiger partial charge is 0.246 e. The quantitative estimate of drug-likeness (QED) is 0.841. The van der Waals surface area contributed by atoms with Crippen LogP contribution in [0, 0.1) is 19.8 Å². The molecule has 3 heteroatoms. The van der Waals surface area contributed by atoms with Crippen molar-refractivity contribution < 1.29 is 9.90 Å². The molecule has 0 bridgehead atoms. The van der Waals surface area contributed by atoms with Crippen LogP contribution < -0.4 is 0 Å². The molecule has 1 saturated heterocycles. The Morgan fingerprint density at radius 2 is 2.15 bits per heavy atom. The molecule has 0 aliphatic carbocycles. The second-order valence-corrected chi connectivity index (χ2v) is 5.81. The van der Waals surface area contributed by atoms with Gasteiger partial charge in [0.2, 0.25) is 5.91 Å². The molecule has 0 spiro atoms. The van der Waals surface area contributed by atoms with Gasteiger partial charge in [0.05, 0.1) is 6.10 Å². The Kier molecular flexibility index (Phi) is 4.61. The summed E-state index contributed by atoms with van der Waals surface area (Å²) in [4.78, 5) is 14.0. The summed E-state index contributed by atoms with van der Waals surface area (Å²) in [6.07, 6.45) is 3.92. The first-order valence-corrected chi connectivity index (χ1v) is 7.19. The summed E-state index contributed by atoms with van der Waals surface area (Å²) < 4.78 is 0. The number of aliphatic hydroxyl groups excluding tert-OH is 1. The average molecular weight is 273 g/mol. The van der Waals surface area contributed by atoms with Crippen LogP contribution in [-0.2, 0) is 4.79 Å². The number of amides is 1. The van der Waals surface area contributed by atoms with Gasteiger partial charge in [-0.3, -0.25) is 4.79 Å². The molecule has 1 N–H and O–H groups in total. The Hall–Kier alpha value is -1.61. The number of carbonyl (C=O) groups is 1. The van der Waals surface area contributed by atoms with E-state index in [1.165, 1.54) is 11.1 Å². The van der Waals surface area contributed by atoms with Crippen LogP contribution in [0.4, 0.5) is 0 Å². The molecule has 1 heterocycles. The van der Waals surface area contributed by atoms with Crippen molar-refractivity contribution in [3.05, 3.63) is 41.0 Å². The fraction of sp³-hybridized carbons (Fsp3) is 0.471. The summed E-state index contributed by atoms with van der Waals surface area (Å²) in [5.74, 6) is 0.186. The largest absolute Gasteiger partial charge is 0.393 e. The highest BCUT2D eigenvalue weighted by atomic mass is 16.3. The molecular weight excluding hydrogens is 250 g/mol. The minimum absolute atomic E-state index is 0.0312. The molecule has 0 aromatic heterocycles. The van der Waals surface area contributed by atoms with Crippen molar-refractivity contribution in [1.29, 1.82) is 0 Å². The third-order valence-electron chi connectivity index (χ3n) is 4.00. The minimum atomic E-state index is -0.276. The minimum Gasteiger partial charge on any atom is -0.393 e. The zero-order valence-corrected chi connectivity index (χ0v) is 12.5. The number of hydrogen-bond donors (Lipinski definition) is 1. The lowest BCUT2D eigenvalue weighted by atomic mass is 9.96.